The monoisotopic (exact) mass is 1860 g/mol. The Balaban J connectivity index is 0.000000141. The van der Waals surface area contributed by atoms with Crippen LogP contribution < -0.4 is 56.2 Å². The number of alkyl halides is 2. The number of para-hydroxylation sites is 1. The van der Waals surface area contributed by atoms with Gasteiger partial charge in [-0.2, -0.15) is 8.78 Å². The molecule has 710 valence electrons. The van der Waals surface area contributed by atoms with Gasteiger partial charge in [-0.05, 0) is 42.3 Å². The van der Waals surface area contributed by atoms with Gasteiger partial charge < -0.3 is 105 Å². The summed E-state index contributed by atoms with van der Waals surface area (Å²) in [6.45, 7) is 1.90. The second-order valence-electron chi connectivity index (χ2n) is 32.4. The molecule has 15 N–H and O–H groups in total. The number of hydrogen-bond acceptors (Lipinski definition) is 34. The number of pyridine rings is 1. The Morgan fingerprint density at radius 3 is 1.08 bits per heavy atom. The minimum Gasteiger partial charge on any atom is -0.394 e. The van der Waals surface area contributed by atoms with Crippen LogP contribution in [0.25, 0.3) is 11.0 Å². The highest BCUT2D eigenvalue weighted by Crippen LogP contribution is 2.36. The molecule has 21 atom stereocenters. The maximum atomic E-state index is 14.5. The molecule has 6 aliphatic rings. The van der Waals surface area contributed by atoms with Crippen LogP contribution in [0.15, 0.2) is 252 Å². The number of nitrogens with zero attached hydrogens (tertiary/aromatic N) is 13. The summed E-state index contributed by atoms with van der Waals surface area (Å²) in [5, 5.41) is 150. The molecule has 11 aromatic rings. The lowest BCUT2D eigenvalue weighted by Crippen LogP contribution is -2.45. The predicted molar refractivity (Wildman–Crippen MR) is 458 cm³/mol. The second kappa shape index (κ2) is 41.8. The first kappa shape index (κ1) is 98.1. The molecule has 4 aromatic carbocycles. The van der Waals surface area contributed by atoms with Gasteiger partial charge in [0.25, 0.3) is 33.7 Å². The van der Waals surface area contributed by atoms with Gasteiger partial charge in [-0.15, -0.1) is 0 Å². The fraction of sp³-hybridized carbons (Fsp3) is 0.414. The van der Waals surface area contributed by atoms with Crippen LogP contribution in [0.3, 0.4) is 0 Å². The fourth-order valence-electron chi connectivity index (χ4n) is 15.9. The van der Waals surface area contributed by atoms with Crippen molar-refractivity contribution < 1.29 is 114 Å². The quantitative estimate of drug-likeness (QED) is 0.0302. The summed E-state index contributed by atoms with van der Waals surface area (Å²) >= 11 is 0. The molecule has 0 radical (unpaired) electrons. The van der Waals surface area contributed by atoms with Crippen LogP contribution in [0, 0.1) is 0 Å². The van der Waals surface area contributed by atoms with Crippen LogP contribution in [0.1, 0.15) is 91.6 Å². The standard InChI is InChI=1S/C19H21N3O6.C19H24N2O6.C17H18F2N2O6.C17H17N3O7.C15H17N3O6/c1-10-11-4-2-3-5-12(11)13(20-10)8-22-15(24)6-7-21(19(22)27)18-17(26)16(25)14(9-23)28-18;1-19(2,12-6-4-3-5-7-12)11-21-14(23)8-9-20(18(21)26)17-16(25)15(24)13(10-22)27-17;18-17(19,10-4-2-1-3-5-10)9-21-12(23)6-7-20(16(21)26)15-14(25)13(24)11(8-22)27-15;21-8-12-14(23)15(24)16(26-12)19-6-5-13(22)20(17(19)25)7-10-9-3-1-2-4-11(9)27-18-10;19-8-10-12(21)13(22)14(24-10)17-6-4-11(20)18(15(17)23)7-9-3-1-2-5-16-9/h2-7,10,14,16-18,23,25-26H,8-9H2,1H3;3-9,13,15-17,22,24-25H,10-11H2,1-2H3;1-7,11,13-15,22,24-25H,8-9H2;1-6,12,14-16,21,23-24H,7-8H2;1-6,10,12-14,19,21-22H,7-8H2/t10?,14-,16+,17?,18-;13-,15+,16?,17-;11-,13+,14?,15-;12-,14+,15?,16-;10-,12+,13?,14-/m11111/s1. The van der Waals surface area contributed by atoms with Crippen molar-refractivity contribution in [1.29, 1.82) is 0 Å². The highest BCUT2D eigenvalue weighted by atomic mass is 19.3. The van der Waals surface area contributed by atoms with Gasteiger partial charge in [-0.1, -0.05) is 122 Å². The highest BCUT2D eigenvalue weighted by Gasteiger charge is 2.49. The molecular weight excluding hydrogens is 1760 g/mol. The topological polar surface area (TPSA) is 621 Å². The Morgan fingerprint density at radius 2 is 0.692 bits per heavy atom. The summed E-state index contributed by atoms with van der Waals surface area (Å²) < 4.78 is 70.2. The smallest absolute Gasteiger partial charge is 0.333 e. The van der Waals surface area contributed by atoms with E-state index in [4.69, 9.17) is 38.4 Å². The molecule has 7 aromatic heterocycles. The van der Waals surface area contributed by atoms with E-state index in [1.54, 1.807) is 54.7 Å². The lowest BCUT2D eigenvalue weighted by atomic mass is 9.84. The SMILES string of the molecule is CC(C)(Cn1c(=O)ccn([C@@H]2O[C@H](CO)[C@H](O)C2O)c1=O)c1ccccc1.CC1N=C(Cn2c(=O)ccn([C@@H]3O[C@H](CO)[C@H](O)C3O)c2=O)c2ccccc21.O=c1ccn([C@@H]2O[C@H](CO)[C@H](O)C2O)c(=O)n1CC(F)(F)c1ccccc1.O=c1ccn([C@@H]2O[C@H](CO)[C@H](O)C2O)c(=O)n1Cc1ccccn1.O=c1ccn([C@@H]2O[C@H](CO)[C@H](O)C2O)c(=O)n1Cc1noc2ccccc12. The number of rotatable bonds is 22. The zero-order valence-corrected chi connectivity index (χ0v) is 71.0. The molecule has 0 bridgehead atoms. The molecule has 44 nitrogen and oxygen atoms in total. The molecule has 5 fully saturated rings. The fourth-order valence-corrected chi connectivity index (χ4v) is 15.9. The van der Waals surface area contributed by atoms with Gasteiger partial charge in [0.05, 0.1) is 76.7 Å². The van der Waals surface area contributed by atoms with Gasteiger partial charge in [0.2, 0.25) is 0 Å². The third-order valence-electron chi connectivity index (χ3n) is 23.3. The van der Waals surface area contributed by atoms with E-state index >= 15 is 0 Å². The summed E-state index contributed by atoms with van der Waals surface area (Å²) in [6, 6.07) is 41.7. The number of halogens is 2. The number of ether oxygens (including phenoxy) is 5. The van der Waals surface area contributed by atoms with Crippen molar-refractivity contribution in [3.8, 4) is 0 Å². The number of aromatic nitrogens is 12. The number of aliphatic imine (C=N–C) groups is 1. The van der Waals surface area contributed by atoms with Crippen LogP contribution in [0.5, 0.6) is 0 Å². The summed E-state index contributed by atoms with van der Waals surface area (Å²) in [7, 11) is 0. The molecule has 0 spiro atoms. The Morgan fingerprint density at radius 1 is 0.361 bits per heavy atom. The van der Waals surface area contributed by atoms with Gasteiger partial charge in [0, 0.05) is 96.0 Å². The van der Waals surface area contributed by atoms with E-state index in [0.29, 0.717) is 32.6 Å². The van der Waals surface area contributed by atoms with Crippen LogP contribution in [-0.2, 0) is 67.7 Å². The zero-order valence-electron chi connectivity index (χ0n) is 71.0. The predicted octanol–water partition coefficient (Wildman–Crippen LogP) is -4.93. The van der Waals surface area contributed by atoms with E-state index in [1.165, 1.54) is 67.3 Å². The van der Waals surface area contributed by atoms with Crippen molar-refractivity contribution in [3.63, 3.8) is 0 Å². The Kier molecular flexibility index (Phi) is 30.9. The van der Waals surface area contributed by atoms with Gasteiger partial charge in [-0.3, -0.25) is 79.6 Å². The van der Waals surface area contributed by atoms with E-state index in [9.17, 15) is 123 Å². The van der Waals surface area contributed by atoms with Gasteiger partial charge in [0.15, 0.2) is 36.7 Å². The van der Waals surface area contributed by atoms with Crippen molar-refractivity contribution in [3.05, 3.63) is 333 Å². The van der Waals surface area contributed by atoms with E-state index in [1.807, 2.05) is 75.4 Å². The van der Waals surface area contributed by atoms with Crippen LogP contribution in [-0.4, -0.2) is 263 Å². The summed E-state index contributed by atoms with van der Waals surface area (Å²) in [5.41, 5.74) is -2.80. The molecule has 13 heterocycles. The zero-order chi connectivity index (χ0) is 95.9. The van der Waals surface area contributed by atoms with E-state index < -0.39 is 230 Å². The lowest BCUT2D eigenvalue weighted by molar-refractivity contribution is -0.0577. The summed E-state index contributed by atoms with van der Waals surface area (Å²) in [4.78, 5) is 133. The lowest BCUT2D eigenvalue weighted by Gasteiger charge is -2.27. The van der Waals surface area contributed by atoms with Gasteiger partial charge in [-0.25, -0.2) is 24.0 Å². The average molecular weight is 1860 g/mol. The largest absolute Gasteiger partial charge is 0.394 e. The minimum absolute atomic E-state index is 0.0192. The summed E-state index contributed by atoms with van der Waals surface area (Å²) in [6.07, 6.45) is -18.1. The van der Waals surface area contributed by atoms with Crippen LogP contribution in [0.4, 0.5) is 8.78 Å². The number of fused-ring (bicyclic) bond motifs is 2. The van der Waals surface area contributed by atoms with Crippen molar-refractivity contribution in [2.75, 3.05) is 33.0 Å². The van der Waals surface area contributed by atoms with Gasteiger partial charge in [0.1, 0.15) is 97.3 Å². The molecular formula is C87H97F2N13O31. The molecule has 0 saturated carbocycles. The molecule has 0 aliphatic carbocycles. The third-order valence-corrected chi connectivity index (χ3v) is 23.3. The van der Waals surface area contributed by atoms with Crippen molar-refractivity contribution in [1.82, 2.24) is 55.8 Å². The number of aliphatic hydroxyl groups is 15. The molecule has 6 unspecified atom stereocenters. The van der Waals surface area contributed by atoms with E-state index in [2.05, 4.69) is 15.1 Å². The summed E-state index contributed by atoms with van der Waals surface area (Å²) in [5.74, 6) is -3.49. The molecule has 0 amide bonds. The Hall–Kier alpha value is -12.4. The number of benzene rings is 4. The molecule has 46 heteroatoms. The average Bonchev–Trinajstić information content (AvgIpc) is 1.75. The number of hydrogen-bond donors (Lipinski definition) is 15. The minimum atomic E-state index is -3.49. The van der Waals surface area contributed by atoms with Gasteiger partial charge >= 0.3 is 28.4 Å². The van der Waals surface area contributed by atoms with E-state index in [0.717, 1.165) is 76.1 Å². The highest BCUT2D eigenvalue weighted by molar-refractivity contribution is 6.04. The molecule has 133 heavy (non-hydrogen) atoms. The maximum Gasteiger partial charge on any atom is 0.333 e. The Labute approximate surface area is 747 Å². The van der Waals surface area contributed by atoms with Crippen LogP contribution >= 0.6 is 0 Å². The van der Waals surface area contributed by atoms with Crippen molar-refractivity contribution in [2.24, 2.45) is 4.99 Å². The first-order valence-electron chi connectivity index (χ1n) is 41.6. The van der Waals surface area contributed by atoms with Crippen molar-refractivity contribution in [2.45, 2.75) is 194 Å². The third kappa shape index (κ3) is 20.6. The second-order valence-corrected chi connectivity index (χ2v) is 32.4. The van der Waals surface area contributed by atoms with E-state index in [-0.39, 0.29) is 37.8 Å². The molecule has 17 rings (SSSR count). The first-order chi connectivity index (χ1) is 63.5. The molecule has 5 saturated heterocycles. The number of aliphatic hydroxyl groups excluding tert-OH is 15. The normalized spacial score (nSPS) is 26.5. The van der Waals surface area contributed by atoms with Crippen LogP contribution in [0.2, 0.25) is 0 Å². The Bertz CT molecular complexity index is 6430. The maximum absolute atomic E-state index is 14.5. The molecule has 6 aliphatic heterocycles. The van der Waals surface area contributed by atoms with Crippen molar-refractivity contribution >= 4 is 16.7 Å². The first-order valence-corrected chi connectivity index (χ1v) is 41.6.